The molecule has 0 radical (unpaired) electrons. The van der Waals surface area contributed by atoms with Gasteiger partial charge in [0.1, 0.15) is 19.3 Å². The number of phosphoric acid groups is 2. The third-order valence-corrected chi connectivity index (χ3v) is 20.0. The molecular formula is C76H144O17P2. The van der Waals surface area contributed by atoms with Gasteiger partial charge in [-0.3, -0.25) is 37.3 Å². The molecule has 95 heavy (non-hydrogen) atoms. The van der Waals surface area contributed by atoms with Gasteiger partial charge in [0.05, 0.1) is 26.4 Å². The molecular weight excluding hydrogens is 1250 g/mol. The number of carbonyl (C=O) groups excluding carboxylic acids is 4. The largest absolute Gasteiger partial charge is 0.472 e. The van der Waals surface area contributed by atoms with E-state index in [0.29, 0.717) is 25.7 Å². The molecule has 0 heterocycles. The van der Waals surface area contributed by atoms with Gasteiger partial charge in [0.15, 0.2) is 12.2 Å². The number of phosphoric ester groups is 2. The number of hydrogen-bond acceptors (Lipinski definition) is 15. The van der Waals surface area contributed by atoms with E-state index in [1.807, 2.05) is 0 Å². The number of carbonyl (C=O) groups is 4. The van der Waals surface area contributed by atoms with E-state index in [-0.39, 0.29) is 25.7 Å². The molecule has 0 aromatic rings. The highest BCUT2D eigenvalue weighted by molar-refractivity contribution is 7.47. The molecule has 0 aromatic carbocycles. The maximum absolute atomic E-state index is 13.1. The third kappa shape index (κ3) is 65.9. The zero-order valence-corrected chi connectivity index (χ0v) is 63.4. The Balaban J connectivity index is 5.28. The fraction of sp³-hybridized carbons (Fsp3) is 0.895. The predicted molar refractivity (Wildman–Crippen MR) is 386 cm³/mol. The molecule has 0 aliphatic heterocycles. The number of hydrogen-bond donors (Lipinski definition) is 3. The monoisotopic (exact) mass is 1390 g/mol. The smallest absolute Gasteiger partial charge is 0.462 e. The lowest BCUT2D eigenvalue weighted by molar-refractivity contribution is -0.161. The van der Waals surface area contributed by atoms with Crippen molar-refractivity contribution in [1.29, 1.82) is 0 Å². The van der Waals surface area contributed by atoms with Crippen molar-refractivity contribution in [3.05, 3.63) is 24.3 Å². The van der Waals surface area contributed by atoms with Crippen LogP contribution in [0.2, 0.25) is 0 Å². The lowest BCUT2D eigenvalue weighted by atomic mass is 9.99. The quantitative estimate of drug-likeness (QED) is 0.0169. The summed E-state index contributed by atoms with van der Waals surface area (Å²) in [5, 5.41) is 10.6. The average molecular weight is 1390 g/mol. The Morgan fingerprint density at radius 3 is 0.884 bits per heavy atom. The zero-order valence-electron chi connectivity index (χ0n) is 61.6. The summed E-state index contributed by atoms with van der Waals surface area (Å²) >= 11 is 0. The van der Waals surface area contributed by atoms with Gasteiger partial charge in [-0.25, -0.2) is 9.13 Å². The minimum atomic E-state index is -4.96. The van der Waals surface area contributed by atoms with E-state index in [9.17, 15) is 43.2 Å². The lowest BCUT2D eigenvalue weighted by Crippen LogP contribution is -2.30. The highest BCUT2D eigenvalue weighted by Gasteiger charge is 2.30. The van der Waals surface area contributed by atoms with Gasteiger partial charge in [-0.2, -0.15) is 0 Å². The molecule has 0 aliphatic rings. The highest BCUT2D eigenvalue weighted by Crippen LogP contribution is 2.45. The molecule has 0 aromatic heterocycles. The molecule has 0 rings (SSSR count). The Kier molecular flexibility index (Phi) is 64.4. The molecule has 5 unspecified atom stereocenters. The molecule has 0 spiro atoms. The molecule has 0 amide bonds. The predicted octanol–water partition coefficient (Wildman–Crippen LogP) is 21.7. The molecule has 3 N–H and O–H groups in total. The van der Waals surface area contributed by atoms with Gasteiger partial charge >= 0.3 is 39.5 Å². The van der Waals surface area contributed by atoms with Gasteiger partial charge in [0, 0.05) is 25.7 Å². The van der Waals surface area contributed by atoms with Gasteiger partial charge in [-0.1, -0.05) is 310 Å². The summed E-state index contributed by atoms with van der Waals surface area (Å²) < 4.78 is 68.5. The molecule has 0 saturated carbocycles. The summed E-state index contributed by atoms with van der Waals surface area (Å²) in [6, 6.07) is 0. The summed E-state index contributed by atoms with van der Waals surface area (Å²) in [6.45, 7) is 11.8. The lowest BCUT2D eigenvalue weighted by Gasteiger charge is -2.21. The van der Waals surface area contributed by atoms with Crippen LogP contribution in [0.4, 0.5) is 0 Å². The topological polar surface area (TPSA) is 237 Å². The molecule has 8 atom stereocenters. The van der Waals surface area contributed by atoms with E-state index in [2.05, 4.69) is 72.8 Å². The molecule has 0 saturated heterocycles. The molecule has 560 valence electrons. The van der Waals surface area contributed by atoms with Crippen molar-refractivity contribution in [2.45, 2.75) is 381 Å². The summed E-state index contributed by atoms with van der Waals surface area (Å²) in [5.41, 5.74) is 0. The van der Waals surface area contributed by atoms with E-state index in [1.54, 1.807) is 0 Å². The van der Waals surface area contributed by atoms with E-state index in [0.717, 1.165) is 127 Å². The van der Waals surface area contributed by atoms with Gasteiger partial charge in [0.25, 0.3) is 0 Å². The van der Waals surface area contributed by atoms with Crippen LogP contribution in [0.5, 0.6) is 0 Å². The van der Waals surface area contributed by atoms with Crippen LogP contribution >= 0.6 is 15.6 Å². The first-order valence-corrected chi connectivity index (χ1v) is 41.8. The van der Waals surface area contributed by atoms with Crippen LogP contribution in [0.1, 0.15) is 363 Å². The molecule has 0 aliphatic carbocycles. The van der Waals surface area contributed by atoms with Crippen LogP contribution in [0, 0.1) is 17.8 Å². The maximum Gasteiger partial charge on any atom is 0.472 e. The van der Waals surface area contributed by atoms with E-state index in [1.165, 1.54) is 154 Å². The highest BCUT2D eigenvalue weighted by atomic mass is 31.2. The van der Waals surface area contributed by atoms with Crippen molar-refractivity contribution in [1.82, 2.24) is 0 Å². The number of allylic oxidation sites excluding steroid dienone is 4. The van der Waals surface area contributed by atoms with Gasteiger partial charge in [-0.05, 0) is 69.1 Å². The number of rotatable bonds is 72. The normalized spacial score (nSPS) is 15.1. The minimum Gasteiger partial charge on any atom is -0.462 e. The van der Waals surface area contributed by atoms with Crippen molar-refractivity contribution in [3.8, 4) is 0 Å². The van der Waals surface area contributed by atoms with Gasteiger partial charge < -0.3 is 33.8 Å². The summed E-state index contributed by atoms with van der Waals surface area (Å²) in [6.07, 6.45) is 54.8. The van der Waals surface area contributed by atoms with Gasteiger partial charge in [0.2, 0.25) is 0 Å². The minimum absolute atomic E-state index is 0.0838. The maximum atomic E-state index is 13.1. The summed E-state index contributed by atoms with van der Waals surface area (Å²) in [7, 11) is -9.93. The SMILES string of the molecule is CCCCCC/C=C\C=C/CCCCCCCC(=O)O[C@H](COC(=O)CCCCCCCCC(C)CC)COP(=O)(O)OC[C@H](O)COP(=O)(O)OC[C@@H](COC(=O)CCCCCCCCCCC(C)CC)OC(=O)CCCCCCCCCCCCCCCCC(C)CC. The Morgan fingerprint density at radius 1 is 0.337 bits per heavy atom. The number of aliphatic hydroxyl groups is 1. The first-order valence-electron chi connectivity index (χ1n) is 38.8. The second-order valence-corrected chi connectivity index (χ2v) is 30.3. The van der Waals surface area contributed by atoms with Crippen LogP contribution < -0.4 is 0 Å². The summed E-state index contributed by atoms with van der Waals surface area (Å²) in [5.74, 6) is 0.198. The molecule has 0 bridgehead atoms. The fourth-order valence-electron chi connectivity index (χ4n) is 11.0. The van der Waals surface area contributed by atoms with E-state index >= 15 is 0 Å². The first kappa shape index (κ1) is 92.5. The first-order chi connectivity index (χ1) is 45.8. The standard InChI is InChI=1S/C76H144O17P2/c1-8-12-13-14-15-16-17-18-19-23-26-29-36-45-52-60-76(81)93-72(64-87-74(79)58-51-44-39-38-42-49-56-69(7)11-4)66-91-95(84,85)89-62-70(77)61-88-94(82,83)90-65-71(63-86-73(78)57-50-43-35-32-31-34-41-48-55-68(6)10-3)92-75(80)59-53-46-37-30-27-24-21-20-22-25-28-33-40-47-54-67(5)9-2/h16-19,67-72,77H,8-15,20-66H2,1-7H3,(H,82,83)(H,84,85)/b17-16-,19-18-/t67?,68?,69?,70-,71-,72-/m1/s1. The number of ether oxygens (including phenoxy) is 4. The summed E-state index contributed by atoms with van der Waals surface area (Å²) in [4.78, 5) is 72.8. The van der Waals surface area contributed by atoms with Crippen LogP contribution in [-0.4, -0.2) is 96.7 Å². The van der Waals surface area contributed by atoms with Crippen LogP contribution in [0.3, 0.4) is 0 Å². The van der Waals surface area contributed by atoms with Crippen LogP contribution in [0.15, 0.2) is 24.3 Å². The van der Waals surface area contributed by atoms with E-state index < -0.39 is 97.5 Å². The van der Waals surface area contributed by atoms with Crippen molar-refractivity contribution in [2.75, 3.05) is 39.6 Å². The third-order valence-electron chi connectivity index (χ3n) is 18.1. The van der Waals surface area contributed by atoms with Crippen molar-refractivity contribution in [2.24, 2.45) is 17.8 Å². The Labute approximate surface area is 580 Å². The average Bonchev–Trinajstić information content (AvgIpc) is 2.63. The van der Waals surface area contributed by atoms with Crippen molar-refractivity contribution >= 4 is 39.5 Å². The second-order valence-electron chi connectivity index (χ2n) is 27.4. The molecule has 0 fully saturated rings. The fourth-order valence-corrected chi connectivity index (χ4v) is 12.5. The van der Waals surface area contributed by atoms with Crippen molar-refractivity contribution < 1.29 is 80.2 Å². The van der Waals surface area contributed by atoms with Gasteiger partial charge in [-0.15, -0.1) is 0 Å². The molecule has 17 nitrogen and oxygen atoms in total. The Morgan fingerprint density at radius 2 is 0.589 bits per heavy atom. The Bertz CT molecular complexity index is 1950. The number of esters is 4. The van der Waals surface area contributed by atoms with Crippen LogP contribution in [-0.2, 0) is 65.4 Å². The molecule has 19 heteroatoms. The zero-order chi connectivity index (χ0) is 70.1. The van der Waals surface area contributed by atoms with Crippen LogP contribution in [0.25, 0.3) is 0 Å². The number of unbranched alkanes of at least 4 members (excludes halogenated alkanes) is 34. The second kappa shape index (κ2) is 66.1. The van der Waals surface area contributed by atoms with E-state index in [4.69, 9.17) is 37.0 Å². The number of aliphatic hydroxyl groups excluding tert-OH is 1. The Hall–Kier alpha value is -2.46. The van der Waals surface area contributed by atoms with Crippen molar-refractivity contribution in [3.63, 3.8) is 0 Å².